The van der Waals surface area contributed by atoms with Crippen LogP contribution in [0.5, 0.6) is 0 Å². The van der Waals surface area contributed by atoms with Crippen LogP contribution in [-0.2, 0) is 6.54 Å². The van der Waals surface area contributed by atoms with E-state index in [-0.39, 0.29) is 0 Å². The molecule has 0 bridgehead atoms. The van der Waals surface area contributed by atoms with Crippen molar-refractivity contribution < 1.29 is 0 Å². The maximum atomic E-state index is 4.33. The zero-order chi connectivity index (χ0) is 16.5. The molecule has 0 saturated carbocycles. The SMILES string of the molecule is CCN1CCC(CCNC(=NC)NCc2ccccc2C)CC1. The molecule has 23 heavy (non-hydrogen) atoms. The van der Waals surface area contributed by atoms with Crippen LogP contribution in [0.2, 0.25) is 0 Å². The van der Waals surface area contributed by atoms with Crippen LogP contribution in [0.3, 0.4) is 0 Å². The van der Waals surface area contributed by atoms with Gasteiger partial charge < -0.3 is 15.5 Å². The number of guanidine groups is 1. The Kier molecular flexibility index (Phi) is 7.40. The maximum absolute atomic E-state index is 4.33. The minimum Gasteiger partial charge on any atom is -0.356 e. The van der Waals surface area contributed by atoms with Gasteiger partial charge in [0.2, 0.25) is 0 Å². The highest BCUT2D eigenvalue weighted by atomic mass is 15.2. The molecule has 1 heterocycles. The van der Waals surface area contributed by atoms with Crippen LogP contribution < -0.4 is 10.6 Å². The standard InChI is InChI=1S/C19H32N4/c1-4-23-13-10-17(11-14-23)9-12-21-19(20-3)22-15-18-8-6-5-7-16(18)2/h5-8,17H,4,9-15H2,1-3H3,(H2,20,21,22). The smallest absolute Gasteiger partial charge is 0.191 e. The third-order valence-corrected chi connectivity index (χ3v) is 4.93. The summed E-state index contributed by atoms with van der Waals surface area (Å²) >= 11 is 0. The summed E-state index contributed by atoms with van der Waals surface area (Å²) in [6, 6.07) is 8.48. The Morgan fingerprint density at radius 1 is 1.22 bits per heavy atom. The van der Waals surface area contributed by atoms with Crippen LogP contribution in [0.15, 0.2) is 29.3 Å². The molecule has 0 aromatic heterocycles. The molecule has 0 amide bonds. The van der Waals surface area contributed by atoms with E-state index in [2.05, 4.69) is 58.6 Å². The average molecular weight is 316 g/mol. The number of benzene rings is 1. The van der Waals surface area contributed by atoms with E-state index >= 15 is 0 Å². The second-order valence-electron chi connectivity index (χ2n) is 6.45. The summed E-state index contributed by atoms with van der Waals surface area (Å²) in [6.45, 7) is 9.95. The number of likely N-dealkylation sites (tertiary alicyclic amines) is 1. The number of rotatable bonds is 6. The minimum atomic E-state index is 0.821. The van der Waals surface area contributed by atoms with Crippen molar-refractivity contribution in [1.29, 1.82) is 0 Å². The molecule has 1 fully saturated rings. The van der Waals surface area contributed by atoms with Crippen LogP contribution >= 0.6 is 0 Å². The lowest BCUT2D eigenvalue weighted by Crippen LogP contribution is -2.39. The quantitative estimate of drug-likeness (QED) is 0.626. The molecule has 0 atom stereocenters. The lowest BCUT2D eigenvalue weighted by atomic mass is 9.93. The number of nitrogens with one attached hydrogen (secondary N) is 2. The predicted molar refractivity (Wildman–Crippen MR) is 98.8 cm³/mol. The largest absolute Gasteiger partial charge is 0.356 e. The fourth-order valence-electron chi connectivity index (χ4n) is 3.19. The van der Waals surface area contributed by atoms with Gasteiger partial charge in [0.15, 0.2) is 5.96 Å². The van der Waals surface area contributed by atoms with Crippen molar-refractivity contribution in [2.45, 2.75) is 39.7 Å². The Balaban J connectivity index is 1.67. The third kappa shape index (κ3) is 5.87. The molecular formula is C19H32N4. The van der Waals surface area contributed by atoms with E-state index in [0.717, 1.165) is 25.0 Å². The molecule has 0 radical (unpaired) electrons. The van der Waals surface area contributed by atoms with E-state index in [0.29, 0.717) is 0 Å². The van der Waals surface area contributed by atoms with E-state index < -0.39 is 0 Å². The van der Waals surface area contributed by atoms with Crippen LogP contribution in [0.1, 0.15) is 37.3 Å². The third-order valence-electron chi connectivity index (χ3n) is 4.93. The number of hydrogen-bond donors (Lipinski definition) is 2. The Hall–Kier alpha value is -1.55. The summed E-state index contributed by atoms with van der Waals surface area (Å²) in [4.78, 5) is 6.88. The highest BCUT2D eigenvalue weighted by Crippen LogP contribution is 2.19. The maximum Gasteiger partial charge on any atom is 0.191 e. The molecule has 128 valence electrons. The van der Waals surface area contributed by atoms with Gasteiger partial charge in [-0.3, -0.25) is 4.99 Å². The summed E-state index contributed by atoms with van der Waals surface area (Å²) in [5, 5.41) is 6.87. The Morgan fingerprint density at radius 3 is 2.61 bits per heavy atom. The van der Waals surface area contributed by atoms with Gasteiger partial charge in [-0.1, -0.05) is 31.2 Å². The molecule has 0 aliphatic carbocycles. The fourth-order valence-corrected chi connectivity index (χ4v) is 3.19. The highest BCUT2D eigenvalue weighted by Gasteiger charge is 2.17. The second kappa shape index (κ2) is 9.56. The van der Waals surface area contributed by atoms with E-state index in [9.17, 15) is 0 Å². The normalized spacial score (nSPS) is 17.3. The number of nitrogens with zero attached hydrogens (tertiary/aromatic N) is 2. The Labute approximate surface area is 141 Å². The molecule has 0 unspecified atom stereocenters. The number of piperidine rings is 1. The molecule has 4 nitrogen and oxygen atoms in total. The zero-order valence-corrected chi connectivity index (χ0v) is 14.9. The lowest BCUT2D eigenvalue weighted by Gasteiger charge is -2.31. The van der Waals surface area contributed by atoms with Crippen molar-refractivity contribution >= 4 is 5.96 Å². The monoisotopic (exact) mass is 316 g/mol. The van der Waals surface area contributed by atoms with Gasteiger partial charge in [-0.15, -0.1) is 0 Å². The molecule has 1 aliphatic rings. The first kappa shape index (κ1) is 17.8. The van der Waals surface area contributed by atoms with Crippen LogP contribution in [0.25, 0.3) is 0 Å². The van der Waals surface area contributed by atoms with Crippen LogP contribution in [0.4, 0.5) is 0 Å². The van der Waals surface area contributed by atoms with Gasteiger partial charge in [0, 0.05) is 20.1 Å². The lowest BCUT2D eigenvalue weighted by molar-refractivity contribution is 0.187. The second-order valence-corrected chi connectivity index (χ2v) is 6.45. The first-order valence-electron chi connectivity index (χ1n) is 8.94. The van der Waals surface area contributed by atoms with Gasteiger partial charge in [0.05, 0.1) is 0 Å². The van der Waals surface area contributed by atoms with Crippen molar-refractivity contribution in [3.8, 4) is 0 Å². The molecule has 1 saturated heterocycles. The Bertz CT molecular complexity index is 490. The van der Waals surface area contributed by atoms with Gasteiger partial charge in [0.25, 0.3) is 0 Å². The summed E-state index contributed by atoms with van der Waals surface area (Å²) in [6.07, 6.45) is 3.91. The molecule has 1 aromatic rings. The number of hydrogen-bond acceptors (Lipinski definition) is 2. The summed E-state index contributed by atoms with van der Waals surface area (Å²) in [7, 11) is 1.84. The molecule has 2 N–H and O–H groups in total. The van der Waals surface area contributed by atoms with E-state index in [1.807, 2.05) is 7.05 Å². The molecule has 4 heteroatoms. The van der Waals surface area contributed by atoms with Crippen LogP contribution in [-0.4, -0.2) is 44.1 Å². The van der Waals surface area contributed by atoms with Crippen LogP contribution in [0, 0.1) is 12.8 Å². The highest BCUT2D eigenvalue weighted by molar-refractivity contribution is 5.79. The van der Waals surface area contributed by atoms with Gasteiger partial charge in [0.1, 0.15) is 0 Å². The average Bonchev–Trinajstić information content (AvgIpc) is 2.59. The molecule has 2 rings (SSSR count). The van der Waals surface area contributed by atoms with Gasteiger partial charge >= 0.3 is 0 Å². The van der Waals surface area contributed by atoms with Gasteiger partial charge in [-0.25, -0.2) is 0 Å². The zero-order valence-electron chi connectivity index (χ0n) is 14.9. The molecule has 1 aromatic carbocycles. The number of aliphatic imine (C=N–C) groups is 1. The van der Waals surface area contributed by atoms with Gasteiger partial charge in [-0.05, 0) is 62.9 Å². The van der Waals surface area contributed by atoms with Crippen molar-refractivity contribution in [2.75, 3.05) is 33.2 Å². The molecular weight excluding hydrogens is 284 g/mol. The van der Waals surface area contributed by atoms with Crippen molar-refractivity contribution in [3.05, 3.63) is 35.4 Å². The summed E-state index contributed by atoms with van der Waals surface area (Å²) in [5.74, 6) is 1.76. The molecule has 0 spiro atoms. The van der Waals surface area contributed by atoms with Gasteiger partial charge in [-0.2, -0.15) is 0 Å². The minimum absolute atomic E-state index is 0.821. The topological polar surface area (TPSA) is 39.7 Å². The van der Waals surface area contributed by atoms with Crippen molar-refractivity contribution in [2.24, 2.45) is 10.9 Å². The first-order valence-corrected chi connectivity index (χ1v) is 8.94. The predicted octanol–water partition coefficient (Wildman–Crippen LogP) is 2.78. The summed E-state index contributed by atoms with van der Waals surface area (Å²) in [5.41, 5.74) is 2.64. The van der Waals surface area contributed by atoms with Crippen molar-refractivity contribution in [3.63, 3.8) is 0 Å². The first-order chi connectivity index (χ1) is 11.2. The van der Waals surface area contributed by atoms with Crippen molar-refractivity contribution in [1.82, 2.24) is 15.5 Å². The fraction of sp³-hybridized carbons (Fsp3) is 0.632. The van der Waals surface area contributed by atoms with E-state index in [1.165, 1.54) is 50.0 Å². The Morgan fingerprint density at radius 2 is 1.96 bits per heavy atom. The number of aryl methyl sites for hydroxylation is 1. The summed E-state index contributed by atoms with van der Waals surface area (Å²) < 4.78 is 0. The van der Waals surface area contributed by atoms with E-state index in [4.69, 9.17) is 0 Å². The molecule has 1 aliphatic heterocycles. The van der Waals surface area contributed by atoms with E-state index in [1.54, 1.807) is 0 Å².